The third-order valence-corrected chi connectivity index (χ3v) is 5.99. The number of hydrogen-bond donors (Lipinski definition) is 9. The molecule has 206 valence electrons. The van der Waals surface area contributed by atoms with Crippen molar-refractivity contribution in [3.8, 4) is 0 Å². The van der Waals surface area contributed by atoms with Crippen LogP contribution in [0.1, 0.15) is 24.8 Å². The van der Waals surface area contributed by atoms with Crippen molar-refractivity contribution >= 4 is 59.0 Å². The predicted molar refractivity (Wildman–Crippen MR) is 139 cm³/mol. The summed E-state index contributed by atoms with van der Waals surface area (Å²) in [4.78, 5) is 75.9. The fourth-order valence-corrected chi connectivity index (χ4v) is 3.76. The Hall–Kier alpha value is -4.11. The summed E-state index contributed by atoms with van der Waals surface area (Å²) in [7, 11) is 0. The van der Waals surface area contributed by atoms with Crippen LogP contribution in [0.4, 0.5) is 0 Å². The number of carboxylic acid groups (broad SMARTS) is 1. The maximum atomic E-state index is 13.2. The maximum absolute atomic E-state index is 13.2. The molecule has 11 N–H and O–H groups in total. The van der Waals surface area contributed by atoms with E-state index in [0.29, 0.717) is 5.56 Å². The molecule has 0 saturated heterocycles. The maximum Gasteiger partial charge on any atom is 0.326 e. The van der Waals surface area contributed by atoms with Crippen LogP contribution >= 0.6 is 12.6 Å². The summed E-state index contributed by atoms with van der Waals surface area (Å²) in [5.74, 6) is -5.67. The van der Waals surface area contributed by atoms with E-state index in [2.05, 4.69) is 33.6 Å². The summed E-state index contributed by atoms with van der Waals surface area (Å²) < 4.78 is 0. The van der Waals surface area contributed by atoms with Gasteiger partial charge in [0.05, 0.1) is 12.5 Å². The molecule has 2 aromatic rings. The van der Waals surface area contributed by atoms with Gasteiger partial charge in [-0.1, -0.05) is 18.2 Å². The van der Waals surface area contributed by atoms with Crippen LogP contribution < -0.4 is 33.2 Å². The normalized spacial score (nSPS) is 14.1. The number of aromatic amines is 1. The van der Waals surface area contributed by atoms with Crippen LogP contribution in [0.25, 0.3) is 10.9 Å². The van der Waals surface area contributed by atoms with E-state index in [4.69, 9.17) is 17.2 Å². The number of thiol groups is 1. The minimum atomic E-state index is -1.47. The van der Waals surface area contributed by atoms with Gasteiger partial charge in [0.1, 0.15) is 18.1 Å². The standard InChI is InChI=1S/C23H31N7O7S/c24-13(10-38)20(33)29-17(8-19(26)32)22(35)30-16(7-11-9-27-14-4-2-1-3-12(11)14)21(34)28-15(23(36)37)5-6-18(25)31/h1-4,9,13,15-17,27,38H,5-8,10,24H2,(H2,25,31)(H2,26,32)(H,28,34)(H,29,33)(H,30,35)(H,36,37). The number of carbonyl (C=O) groups excluding carboxylic acids is 5. The van der Waals surface area contributed by atoms with Gasteiger partial charge < -0.3 is 43.2 Å². The smallest absolute Gasteiger partial charge is 0.326 e. The molecule has 4 unspecified atom stereocenters. The Labute approximate surface area is 222 Å². The van der Waals surface area contributed by atoms with Crippen LogP contribution in [-0.2, 0) is 35.2 Å². The second kappa shape index (κ2) is 14.0. The Morgan fingerprint density at radius 3 is 2.11 bits per heavy atom. The molecule has 0 radical (unpaired) electrons. The second-order valence-corrected chi connectivity index (χ2v) is 8.92. The summed E-state index contributed by atoms with van der Waals surface area (Å²) >= 11 is 3.93. The summed E-state index contributed by atoms with van der Waals surface area (Å²) in [5, 5.41) is 17.3. The average Bonchev–Trinajstić information content (AvgIpc) is 3.27. The highest BCUT2D eigenvalue weighted by molar-refractivity contribution is 7.80. The van der Waals surface area contributed by atoms with Crippen molar-refractivity contribution < 1.29 is 33.9 Å². The number of aliphatic carboxylic acids is 1. The van der Waals surface area contributed by atoms with Gasteiger partial charge in [-0.3, -0.25) is 24.0 Å². The molecule has 4 atom stereocenters. The molecule has 0 fully saturated rings. The van der Waals surface area contributed by atoms with Gasteiger partial charge in [-0.15, -0.1) is 0 Å². The molecule has 0 aliphatic rings. The SMILES string of the molecule is NC(=O)CCC(NC(=O)C(Cc1c[nH]c2ccccc12)NC(=O)C(CC(N)=O)NC(=O)C(N)CS)C(=O)O. The van der Waals surface area contributed by atoms with Gasteiger partial charge in [-0.25, -0.2) is 4.79 Å². The van der Waals surface area contributed by atoms with E-state index < -0.39 is 66.1 Å². The van der Waals surface area contributed by atoms with Gasteiger partial charge in [-0.05, 0) is 18.1 Å². The highest BCUT2D eigenvalue weighted by Gasteiger charge is 2.31. The fraction of sp³-hybridized carbons (Fsp3) is 0.391. The third kappa shape index (κ3) is 8.77. The molecule has 38 heavy (non-hydrogen) atoms. The highest BCUT2D eigenvalue weighted by atomic mass is 32.1. The number of para-hydroxylation sites is 1. The van der Waals surface area contributed by atoms with E-state index in [1.165, 1.54) is 0 Å². The number of carboxylic acids is 1. The first-order valence-corrected chi connectivity index (χ1v) is 12.2. The van der Waals surface area contributed by atoms with E-state index in [1.807, 2.05) is 0 Å². The molecule has 0 spiro atoms. The topological polar surface area (TPSA) is 253 Å². The number of aromatic nitrogens is 1. The molecule has 1 aromatic heterocycles. The van der Waals surface area contributed by atoms with Crippen LogP contribution in [0.2, 0.25) is 0 Å². The van der Waals surface area contributed by atoms with Crippen molar-refractivity contribution in [3.05, 3.63) is 36.0 Å². The number of primary amides is 2. The molecule has 1 aromatic carbocycles. The molecular weight excluding hydrogens is 518 g/mol. The van der Waals surface area contributed by atoms with Crippen LogP contribution in [0, 0.1) is 0 Å². The van der Waals surface area contributed by atoms with Crippen LogP contribution in [0.15, 0.2) is 30.5 Å². The van der Waals surface area contributed by atoms with E-state index in [1.54, 1.807) is 30.5 Å². The van der Waals surface area contributed by atoms with Gasteiger partial charge in [0, 0.05) is 35.7 Å². The monoisotopic (exact) mass is 549 g/mol. The van der Waals surface area contributed by atoms with Crippen LogP contribution in [0.3, 0.4) is 0 Å². The molecule has 5 amide bonds. The lowest BCUT2D eigenvalue weighted by molar-refractivity contribution is -0.142. The van der Waals surface area contributed by atoms with E-state index in [9.17, 15) is 33.9 Å². The van der Waals surface area contributed by atoms with E-state index >= 15 is 0 Å². The molecule has 1 heterocycles. The van der Waals surface area contributed by atoms with Gasteiger partial charge >= 0.3 is 5.97 Å². The summed E-state index contributed by atoms with van der Waals surface area (Å²) in [6, 6.07) is 1.83. The quantitative estimate of drug-likeness (QED) is 0.108. The number of H-pyrrole nitrogens is 1. The number of hydrogen-bond acceptors (Lipinski definition) is 8. The minimum Gasteiger partial charge on any atom is -0.480 e. The molecule has 0 aliphatic carbocycles. The lowest BCUT2D eigenvalue weighted by Crippen LogP contribution is -2.58. The number of nitrogens with two attached hydrogens (primary N) is 3. The number of amides is 5. The first-order chi connectivity index (χ1) is 17.9. The predicted octanol–water partition coefficient (Wildman–Crippen LogP) is -2.35. The molecule has 14 nitrogen and oxygen atoms in total. The average molecular weight is 550 g/mol. The first kappa shape index (κ1) is 30.1. The lowest BCUT2D eigenvalue weighted by Gasteiger charge is -2.24. The number of nitrogens with one attached hydrogen (secondary N) is 4. The van der Waals surface area contributed by atoms with Crippen LogP contribution in [-0.4, -0.2) is 75.5 Å². The number of benzene rings is 1. The zero-order valence-electron chi connectivity index (χ0n) is 20.3. The Bertz CT molecular complexity index is 1200. The Balaban J connectivity index is 2.33. The van der Waals surface area contributed by atoms with Gasteiger partial charge in [0.15, 0.2) is 0 Å². The zero-order valence-corrected chi connectivity index (χ0v) is 21.2. The van der Waals surface area contributed by atoms with Crippen molar-refractivity contribution in [2.24, 2.45) is 17.2 Å². The highest BCUT2D eigenvalue weighted by Crippen LogP contribution is 2.19. The van der Waals surface area contributed by atoms with Crippen molar-refractivity contribution in [1.82, 2.24) is 20.9 Å². The molecule has 15 heteroatoms. The van der Waals surface area contributed by atoms with E-state index in [0.717, 1.165) is 10.9 Å². The van der Waals surface area contributed by atoms with E-state index in [-0.39, 0.29) is 25.0 Å². The Morgan fingerprint density at radius 1 is 0.895 bits per heavy atom. The van der Waals surface area contributed by atoms with Gasteiger partial charge in [0.25, 0.3) is 0 Å². The largest absolute Gasteiger partial charge is 0.480 e. The van der Waals surface area contributed by atoms with Crippen LogP contribution in [0.5, 0.6) is 0 Å². The summed E-state index contributed by atoms with van der Waals surface area (Å²) in [6.45, 7) is 0. The van der Waals surface area contributed by atoms with Gasteiger partial charge in [0.2, 0.25) is 29.5 Å². The zero-order chi connectivity index (χ0) is 28.4. The van der Waals surface area contributed by atoms with Crippen molar-refractivity contribution in [3.63, 3.8) is 0 Å². The molecule has 0 saturated carbocycles. The second-order valence-electron chi connectivity index (χ2n) is 8.55. The number of fused-ring (bicyclic) bond motifs is 1. The Morgan fingerprint density at radius 2 is 1.50 bits per heavy atom. The minimum absolute atomic E-state index is 0.0375. The molecule has 2 rings (SSSR count). The first-order valence-electron chi connectivity index (χ1n) is 11.5. The number of rotatable bonds is 15. The van der Waals surface area contributed by atoms with Crippen molar-refractivity contribution in [2.45, 2.75) is 49.9 Å². The van der Waals surface area contributed by atoms with Crippen molar-refractivity contribution in [2.75, 3.05) is 5.75 Å². The van der Waals surface area contributed by atoms with Crippen molar-refractivity contribution in [1.29, 1.82) is 0 Å². The molecule has 0 bridgehead atoms. The summed E-state index contributed by atoms with van der Waals surface area (Å²) in [5.41, 5.74) is 17.3. The number of carbonyl (C=O) groups is 6. The molecule has 0 aliphatic heterocycles. The van der Waals surface area contributed by atoms with Gasteiger partial charge in [-0.2, -0.15) is 12.6 Å². The third-order valence-electron chi connectivity index (χ3n) is 5.60. The fourth-order valence-electron chi connectivity index (χ4n) is 3.59. The summed E-state index contributed by atoms with van der Waals surface area (Å²) in [6.07, 6.45) is 0.389. The Kier molecular flexibility index (Phi) is 11.1. The molecular formula is C23H31N7O7S. The lowest BCUT2D eigenvalue weighted by atomic mass is 10.0.